The number of hydrogen-bond donors (Lipinski definition) is 2. The van der Waals surface area contributed by atoms with Crippen LogP contribution in [0.3, 0.4) is 0 Å². The van der Waals surface area contributed by atoms with Crippen LogP contribution >= 0.6 is 11.6 Å². The van der Waals surface area contributed by atoms with Gasteiger partial charge >= 0.3 is 5.97 Å². The average molecular weight is 300 g/mol. The minimum atomic E-state index is -0.810. The zero-order chi connectivity index (χ0) is 14.3. The molecule has 0 radical (unpaired) electrons. The second-order valence-electron chi connectivity index (χ2n) is 4.77. The van der Waals surface area contributed by atoms with Gasteiger partial charge in [-0.25, -0.2) is 0 Å². The molecule has 2 aliphatic rings. The fraction of sp³-hybridized carbons (Fsp3) is 0.462. The molecule has 1 saturated heterocycles. The molecule has 6 nitrogen and oxygen atoms in total. The van der Waals surface area contributed by atoms with Crippen molar-refractivity contribution in [2.24, 2.45) is 5.92 Å². The number of benzene rings is 1. The summed E-state index contributed by atoms with van der Waals surface area (Å²) >= 11 is 6.19. The van der Waals surface area contributed by atoms with Gasteiger partial charge in [0.2, 0.25) is 6.79 Å². The molecule has 2 aliphatic heterocycles. The molecule has 7 heteroatoms. The van der Waals surface area contributed by atoms with E-state index in [9.17, 15) is 4.79 Å². The van der Waals surface area contributed by atoms with Crippen molar-refractivity contribution < 1.29 is 24.1 Å². The molecule has 20 heavy (non-hydrogen) atoms. The number of halogens is 1. The molecule has 0 amide bonds. The number of methoxy groups -OCH3 is 1. The van der Waals surface area contributed by atoms with Crippen LogP contribution in [0.15, 0.2) is 6.07 Å². The van der Waals surface area contributed by atoms with E-state index in [1.807, 2.05) is 0 Å². The van der Waals surface area contributed by atoms with Gasteiger partial charge in [-0.15, -0.1) is 0 Å². The van der Waals surface area contributed by atoms with Crippen molar-refractivity contribution in [3.05, 3.63) is 16.7 Å². The second kappa shape index (κ2) is 5.03. The summed E-state index contributed by atoms with van der Waals surface area (Å²) in [6.45, 7) is 0.534. The summed E-state index contributed by atoms with van der Waals surface area (Å²) in [7, 11) is 1.52. The average Bonchev–Trinajstić information content (AvgIpc) is 3.05. The lowest BCUT2D eigenvalue weighted by Crippen LogP contribution is -2.17. The smallest absolute Gasteiger partial charge is 0.307 e. The van der Waals surface area contributed by atoms with E-state index < -0.39 is 11.9 Å². The monoisotopic (exact) mass is 299 g/mol. The van der Waals surface area contributed by atoms with Gasteiger partial charge in [0.15, 0.2) is 11.5 Å². The highest BCUT2D eigenvalue weighted by molar-refractivity contribution is 6.32. The normalized spacial score (nSPS) is 23.9. The van der Waals surface area contributed by atoms with Gasteiger partial charge in [0.05, 0.1) is 23.6 Å². The molecule has 2 N–H and O–H groups in total. The Hall–Kier alpha value is -1.66. The molecule has 0 aromatic heterocycles. The summed E-state index contributed by atoms with van der Waals surface area (Å²) in [5.74, 6) is 0.400. The molecule has 2 unspecified atom stereocenters. The van der Waals surface area contributed by atoms with Crippen LogP contribution in [-0.4, -0.2) is 31.5 Å². The first-order chi connectivity index (χ1) is 9.61. The Kier molecular flexibility index (Phi) is 3.35. The Morgan fingerprint density at radius 2 is 2.35 bits per heavy atom. The first-order valence-corrected chi connectivity index (χ1v) is 6.61. The quantitative estimate of drug-likeness (QED) is 0.886. The highest BCUT2D eigenvalue weighted by Gasteiger charge is 2.36. The number of carbonyl (C=O) groups is 1. The summed E-state index contributed by atoms with van der Waals surface area (Å²) in [5.41, 5.74) is 0.733. The Morgan fingerprint density at radius 1 is 1.55 bits per heavy atom. The standard InChI is InChI=1S/C13H14ClNO5/c1-18-11-7(14)3-9-12(20-5-19-9)10(11)8-2-6(4-15-8)13(16)17/h3,6,8,15H,2,4-5H2,1H3,(H,16,17). The first kappa shape index (κ1) is 13.3. The Labute approximate surface area is 120 Å². The molecule has 108 valence electrons. The third-order valence-electron chi connectivity index (χ3n) is 3.64. The van der Waals surface area contributed by atoms with E-state index in [-0.39, 0.29) is 12.8 Å². The number of rotatable bonds is 3. The van der Waals surface area contributed by atoms with Gasteiger partial charge in [-0.2, -0.15) is 0 Å². The van der Waals surface area contributed by atoms with Gasteiger partial charge in [0.1, 0.15) is 5.75 Å². The minimum absolute atomic E-state index is 0.126. The fourth-order valence-corrected chi connectivity index (χ4v) is 2.96. The highest BCUT2D eigenvalue weighted by Crippen LogP contribution is 2.49. The fourth-order valence-electron chi connectivity index (χ4n) is 2.69. The van der Waals surface area contributed by atoms with Crippen molar-refractivity contribution in [2.75, 3.05) is 20.4 Å². The van der Waals surface area contributed by atoms with Crippen LogP contribution in [0.25, 0.3) is 0 Å². The van der Waals surface area contributed by atoms with Crippen LogP contribution in [0.2, 0.25) is 5.02 Å². The van der Waals surface area contributed by atoms with Crippen LogP contribution in [0, 0.1) is 5.92 Å². The number of ether oxygens (including phenoxy) is 3. The molecule has 1 fully saturated rings. The number of carboxylic acids is 1. The molecule has 0 spiro atoms. The minimum Gasteiger partial charge on any atom is -0.495 e. The number of carboxylic acid groups (broad SMARTS) is 1. The molecule has 0 saturated carbocycles. The maximum absolute atomic E-state index is 11.1. The van der Waals surface area contributed by atoms with Crippen molar-refractivity contribution in [1.29, 1.82) is 0 Å². The molecule has 2 heterocycles. The van der Waals surface area contributed by atoms with Gasteiger partial charge in [-0.05, 0) is 6.42 Å². The lowest BCUT2D eigenvalue weighted by Gasteiger charge is -2.18. The van der Waals surface area contributed by atoms with Gasteiger partial charge in [-0.1, -0.05) is 11.6 Å². The zero-order valence-electron chi connectivity index (χ0n) is 10.8. The number of fused-ring (bicyclic) bond motifs is 1. The molecule has 2 atom stereocenters. The second-order valence-corrected chi connectivity index (χ2v) is 5.18. The molecule has 3 rings (SSSR count). The number of aliphatic carboxylic acids is 1. The van der Waals surface area contributed by atoms with Crippen LogP contribution < -0.4 is 19.5 Å². The van der Waals surface area contributed by atoms with Gasteiger partial charge in [0.25, 0.3) is 0 Å². The van der Waals surface area contributed by atoms with Crippen molar-refractivity contribution in [1.82, 2.24) is 5.32 Å². The lowest BCUT2D eigenvalue weighted by molar-refractivity contribution is -0.141. The summed E-state index contributed by atoms with van der Waals surface area (Å²) in [5, 5.41) is 12.7. The number of hydrogen-bond acceptors (Lipinski definition) is 5. The van der Waals surface area contributed by atoms with E-state index in [1.165, 1.54) is 7.11 Å². The van der Waals surface area contributed by atoms with Crippen molar-refractivity contribution in [3.8, 4) is 17.2 Å². The first-order valence-electron chi connectivity index (χ1n) is 6.24. The summed E-state index contributed by atoms with van der Waals surface area (Å²) in [6, 6.07) is 1.47. The van der Waals surface area contributed by atoms with Crippen LogP contribution in [0.1, 0.15) is 18.0 Å². The Bertz CT molecular complexity index is 558. The molecule has 1 aromatic rings. The molecule has 0 bridgehead atoms. The van der Waals surface area contributed by atoms with E-state index in [0.717, 1.165) is 5.56 Å². The van der Waals surface area contributed by atoms with Crippen molar-refractivity contribution >= 4 is 17.6 Å². The molecular weight excluding hydrogens is 286 g/mol. The summed E-state index contributed by atoms with van der Waals surface area (Å²) in [4.78, 5) is 11.1. The molecule has 0 aliphatic carbocycles. The molecular formula is C13H14ClNO5. The predicted octanol–water partition coefficient (Wildman–Crippen LogP) is 1.81. The van der Waals surface area contributed by atoms with Gasteiger partial charge < -0.3 is 24.6 Å². The van der Waals surface area contributed by atoms with E-state index in [1.54, 1.807) is 6.07 Å². The highest BCUT2D eigenvalue weighted by atomic mass is 35.5. The third kappa shape index (κ3) is 2.05. The van der Waals surface area contributed by atoms with Crippen molar-refractivity contribution in [3.63, 3.8) is 0 Å². The molecule has 1 aromatic carbocycles. The van der Waals surface area contributed by atoms with Crippen LogP contribution in [0.5, 0.6) is 17.2 Å². The predicted molar refractivity (Wildman–Crippen MR) is 70.6 cm³/mol. The van der Waals surface area contributed by atoms with Crippen LogP contribution in [0.4, 0.5) is 0 Å². The van der Waals surface area contributed by atoms with Gasteiger partial charge in [-0.3, -0.25) is 4.79 Å². The van der Waals surface area contributed by atoms with Crippen LogP contribution in [-0.2, 0) is 4.79 Å². The Morgan fingerprint density at radius 3 is 3.00 bits per heavy atom. The topological polar surface area (TPSA) is 77.0 Å². The number of nitrogens with one attached hydrogen (secondary N) is 1. The third-order valence-corrected chi connectivity index (χ3v) is 3.92. The summed E-state index contributed by atoms with van der Waals surface area (Å²) < 4.78 is 16.2. The van der Waals surface area contributed by atoms with E-state index in [4.69, 9.17) is 30.9 Å². The summed E-state index contributed by atoms with van der Waals surface area (Å²) in [6.07, 6.45) is 0.460. The van der Waals surface area contributed by atoms with Gasteiger partial charge in [0, 0.05) is 18.7 Å². The van der Waals surface area contributed by atoms with E-state index in [0.29, 0.717) is 35.2 Å². The van der Waals surface area contributed by atoms with E-state index >= 15 is 0 Å². The lowest BCUT2D eigenvalue weighted by atomic mass is 9.98. The van der Waals surface area contributed by atoms with Crippen molar-refractivity contribution in [2.45, 2.75) is 12.5 Å². The largest absolute Gasteiger partial charge is 0.495 e. The maximum atomic E-state index is 11.1. The van der Waals surface area contributed by atoms with E-state index in [2.05, 4.69) is 5.32 Å². The SMILES string of the molecule is COc1c(Cl)cc2c(c1C1CC(C(=O)O)CN1)OCO2. The Balaban J connectivity index is 2.02. The zero-order valence-corrected chi connectivity index (χ0v) is 11.6. The maximum Gasteiger partial charge on any atom is 0.307 e.